The fourth-order valence-corrected chi connectivity index (χ4v) is 3.05. The normalized spacial score (nSPS) is 10.7. The minimum absolute atomic E-state index is 0.130. The Balaban J connectivity index is 1.70. The number of hydrogen-bond acceptors (Lipinski definition) is 5. The Labute approximate surface area is 202 Å². The van der Waals surface area contributed by atoms with Crippen LogP contribution in [0.1, 0.15) is 25.3 Å². The third kappa shape index (κ3) is 9.92. The van der Waals surface area contributed by atoms with Crippen molar-refractivity contribution in [2.24, 2.45) is 5.16 Å². The van der Waals surface area contributed by atoms with Gasteiger partial charge in [0.15, 0.2) is 5.75 Å². The van der Waals surface area contributed by atoms with Crippen molar-refractivity contribution in [2.75, 3.05) is 26.4 Å². The van der Waals surface area contributed by atoms with Gasteiger partial charge in [-0.25, -0.2) is 0 Å². The molecule has 0 fully saturated rings. The summed E-state index contributed by atoms with van der Waals surface area (Å²) < 4.78 is 17.1. The van der Waals surface area contributed by atoms with Gasteiger partial charge >= 0.3 is 0 Å². The molecular weight excluding hydrogens is 484 g/mol. The van der Waals surface area contributed by atoms with Crippen LogP contribution in [0, 0.1) is 0 Å². The first-order valence-corrected chi connectivity index (χ1v) is 11.1. The first-order valence-electron chi connectivity index (χ1n) is 9.63. The highest BCUT2D eigenvalue weighted by Gasteiger charge is 2.10. The molecule has 0 amide bonds. The van der Waals surface area contributed by atoms with Crippen molar-refractivity contribution in [3.05, 3.63) is 62.6 Å². The highest BCUT2D eigenvalue weighted by Crippen LogP contribution is 2.37. The van der Waals surface area contributed by atoms with Gasteiger partial charge in [0.2, 0.25) is 0 Å². The standard InChI is InChI=1S/C22H23Cl4NO4/c1-2-31-27-15-16-5-7-17(8-6-16)28-10-3-4-11-30-22-19(23)13-18(14-20(22)24)29-12-9-21(25)26/h5-9,13-15H,2-4,10-12H2,1H3. The lowest BCUT2D eigenvalue weighted by molar-refractivity contribution is 0.160. The summed E-state index contributed by atoms with van der Waals surface area (Å²) in [6.45, 7) is 3.66. The Morgan fingerprint density at radius 1 is 0.903 bits per heavy atom. The van der Waals surface area contributed by atoms with Crippen molar-refractivity contribution in [1.82, 2.24) is 0 Å². The summed E-state index contributed by atoms with van der Waals surface area (Å²) in [4.78, 5) is 4.94. The largest absolute Gasteiger partial charge is 0.494 e. The molecule has 0 saturated heterocycles. The van der Waals surface area contributed by atoms with Crippen molar-refractivity contribution in [3.63, 3.8) is 0 Å². The van der Waals surface area contributed by atoms with E-state index in [9.17, 15) is 0 Å². The zero-order chi connectivity index (χ0) is 22.5. The molecule has 2 rings (SSSR count). The molecule has 0 bridgehead atoms. The van der Waals surface area contributed by atoms with E-state index >= 15 is 0 Å². The third-order valence-corrected chi connectivity index (χ3v) is 4.67. The molecule has 0 atom stereocenters. The zero-order valence-corrected chi connectivity index (χ0v) is 20.0. The number of halogens is 4. The maximum Gasteiger partial charge on any atom is 0.156 e. The highest BCUT2D eigenvalue weighted by atomic mass is 35.5. The zero-order valence-electron chi connectivity index (χ0n) is 17.0. The van der Waals surface area contributed by atoms with Crippen LogP contribution in [0.3, 0.4) is 0 Å². The van der Waals surface area contributed by atoms with Crippen LogP contribution in [0.5, 0.6) is 17.2 Å². The number of benzene rings is 2. The summed E-state index contributed by atoms with van der Waals surface area (Å²) in [5.74, 6) is 1.71. The van der Waals surface area contributed by atoms with Gasteiger partial charge in [-0.3, -0.25) is 0 Å². The van der Waals surface area contributed by atoms with E-state index in [1.54, 1.807) is 18.3 Å². The second-order valence-corrected chi connectivity index (χ2v) is 7.97. The monoisotopic (exact) mass is 505 g/mol. The average Bonchev–Trinajstić information content (AvgIpc) is 2.73. The van der Waals surface area contributed by atoms with Gasteiger partial charge in [0.1, 0.15) is 29.2 Å². The lowest BCUT2D eigenvalue weighted by atomic mass is 10.2. The van der Waals surface area contributed by atoms with E-state index in [2.05, 4.69) is 5.16 Å². The third-order valence-electron chi connectivity index (χ3n) is 3.80. The molecule has 2 aromatic carbocycles. The summed E-state index contributed by atoms with van der Waals surface area (Å²) in [5, 5.41) is 4.57. The van der Waals surface area contributed by atoms with Gasteiger partial charge in [0.25, 0.3) is 0 Å². The molecule has 2 aromatic rings. The van der Waals surface area contributed by atoms with Crippen molar-refractivity contribution in [1.29, 1.82) is 0 Å². The van der Waals surface area contributed by atoms with Crippen molar-refractivity contribution >= 4 is 52.6 Å². The number of oxime groups is 1. The van der Waals surface area contributed by atoms with E-state index in [1.807, 2.05) is 31.2 Å². The molecule has 0 saturated carbocycles. The van der Waals surface area contributed by atoms with Crippen LogP contribution in [0.4, 0.5) is 0 Å². The van der Waals surface area contributed by atoms with Gasteiger partial charge < -0.3 is 19.0 Å². The quantitative estimate of drug-likeness (QED) is 0.162. The van der Waals surface area contributed by atoms with Crippen molar-refractivity contribution < 1.29 is 19.0 Å². The first-order chi connectivity index (χ1) is 15.0. The second kappa shape index (κ2) is 14.3. The summed E-state index contributed by atoms with van der Waals surface area (Å²) in [6.07, 6.45) is 4.77. The van der Waals surface area contributed by atoms with Crippen LogP contribution in [-0.2, 0) is 4.84 Å². The SMILES string of the molecule is CCON=Cc1ccc(OCCCCOc2c(Cl)cc(OCC=C(Cl)Cl)cc2Cl)cc1. The molecule has 31 heavy (non-hydrogen) atoms. The predicted octanol–water partition coefficient (Wildman–Crippen LogP) is 7.30. The number of hydrogen-bond donors (Lipinski definition) is 0. The fraction of sp³-hybridized carbons (Fsp3) is 0.318. The number of ether oxygens (including phenoxy) is 3. The van der Waals surface area contributed by atoms with Crippen molar-refractivity contribution in [2.45, 2.75) is 19.8 Å². The minimum atomic E-state index is 0.130. The molecule has 0 aliphatic carbocycles. The van der Waals surface area contributed by atoms with E-state index in [-0.39, 0.29) is 11.1 Å². The van der Waals surface area contributed by atoms with Crippen LogP contribution in [0.15, 0.2) is 52.1 Å². The van der Waals surface area contributed by atoms with Gasteiger partial charge in [0.05, 0.1) is 29.5 Å². The van der Waals surface area contributed by atoms with Crippen LogP contribution >= 0.6 is 46.4 Å². The van der Waals surface area contributed by atoms with E-state index in [1.165, 1.54) is 6.08 Å². The molecule has 0 aliphatic heterocycles. The van der Waals surface area contributed by atoms with E-state index < -0.39 is 0 Å². The molecule has 0 heterocycles. The van der Waals surface area contributed by atoms with Crippen LogP contribution < -0.4 is 14.2 Å². The van der Waals surface area contributed by atoms with Gasteiger partial charge in [0, 0.05) is 12.1 Å². The highest BCUT2D eigenvalue weighted by molar-refractivity contribution is 6.55. The lowest BCUT2D eigenvalue weighted by Crippen LogP contribution is -2.03. The topological polar surface area (TPSA) is 49.3 Å². The van der Waals surface area contributed by atoms with Crippen molar-refractivity contribution in [3.8, 4) is 17.2 Å². The molecule has 0 N–H and O–H groups in total. The fourth-order valence-electron chi connectivity index (χ4n) is 2.35. The first kappa shape index (κ1) is 25.5. The summed E-state index contributed by atoms with van der Waals surface area (Å²) in [5.41, 5.74) is 0.943. The Morgan fingerprint density at radius 2 is 1.55 bits per heavy atom. The molecular formula is C22H23Cl4NO4. The predicted molar refractivity (Wildman–Crippen MR) is 128 cm³/mol. The minimum Gasteiger partial charge on any atom is -0.494 e. The molecule has 5 nitrogen and oxygen atoms in total. The van der Waals surface area contributed by atoms with E-state index in [4.69, 9.17) is 65.5 Å². The Hall–Kier alpha value is -1.79. The van der Waals surface area contributed by atoms with Gasteiger partial charge in [-0.1, -0.05) is 51.6 Å². The van der Waals surface area contributed by atoms with Crippen LogP contribution in [0.2, 0.25) is 10.0 Å². The molecule has 0 aliphatic rings. The molecule has 9 heteroatoms. The molecule has 0 radical (unpaired) electrons. The maximum absolute atomic E-state index is 6.25. The Kier molecular flexibility index (Phi) is 11.8. The number of unbranched alkanes of at least 4 members (excludes halogenated alkanes) is 1. The van der Waals surface area contributed by atoms with E-state index in [0.717, 1.165) is 24.2 Å². The van der Waals surface area contributed by atoms with Crippen LogP contribution in [0.25, 0.3) is 0 Å². The lowest BCUT2D eigenvalue weighted by Gasteiger charge is -2.12. The molecule has 0 unspecified atom stereocenters. The summed E-state index contributed by atoms with van der Waals surface area (Å²) in [6, 6.07) is 10.9. The molecule has 168 valence electrons. The molecule has 0 spiro atoms. The number of nitrogens with zero attached hydrogens (tertiary/aromatic N) is 1. The number of rotatable bonds is 13. The van der Waals surface area contributed by atoms with E-state index in [0.29, 0.717) is 41.4 Å². The smallest absolute Gasteiger partial charge is 0.156 e. The van der Waals surface area contributed by atoms with Gasteiger partial charge in [-0.15, -0.1) is 0 Å². The molecule has 0 aromatic heterocycles. The second-order valence-electron chi connectivity index (χ2n) is 6.15. The maximum atomic E-state index is 6.25. The summed E-state index contributed by atoms with van der Waals surface area (Å²) in [7, 11) is 0. The average molecular weight is 507 g/mol. The summed E-state index contributed by atoms with van der Waals surface area (Å²) >= 11 is 23.6. The Bertz CT molecular complexity index is 845. The van der Waals surface area contributed by atoms with Crippen LogP contribution in [-0.4, -0.2) is 32.6 Å². The Morgan fingerprint density at radius 3 is 2.16 bits per heavy atom. The van der Waals surface area contributed by atoms with Gasteiger partial charge in [-0.2, -0.15) is 0 Å². The van der Waals surface area contributed by atoms with Gasteiger partial charge in [-0.05, 0) is 55.7 Å².